The fourth-order valence-electron chi connectivity index (χ4n) is 2.86. The van der Waals surface area contributed by atoms with Crippen molar-refractivity contribution in [1.82, 2.24) is 24.6 Å². The van der Waals surface area contributed by atoms with Gasteiger partial charge in [-0.15, -0.1) is 21.5 Å². The Bertz CT molecular complexity index is 1080. The molecule has 0 saturated carbocycles. The molecule has 0 bridgehead atoms. The van der Waals surface area contributed by atoms with Crippen molar-refractivity contribution in [2.45, 2.75) is 45.3 Å². The maximum Gasteiger partial charge on any atom is 0.265 e. The van der Waals surface area contributed by atoms with E-state index >= 15 is 0 Å². The van der Waals surface area contributed by atoms with Gasteiger partial charge < -0.3 is 10.2 Å². The van der Waals surface area contributed by atoms with E-state index in [1.807, 2.05) is 0 Å². The highest BCUT2D eigenvalue weighted by molar-refractivity contribution is 7.99. The zero-order valence-corrected chi connectivity index (χ0v) is 20.9. The molecule has 0 aliphatic carbocycles. The molecule has 0 unspecified atom stereocenters. The Labute approximate surface area is 194 Å². The van der Waals surface area contributed by atoms with Gasteiger partial charge in [-0.3, -0.25) is 14.2 Å². The summed E-state index contributed by atoms with van der Waals surface area (Å²) in [6.07, 6.45) is 0.986. The largest absolute Gasteiger partial charge is 0.344 e. The van der Waals surface area contributed by atoms with Crippen LogP contribution < -0.4 is 5.32 Å². The molecule has 11 heteroatoms. The summed E-state index contributed by atoms with van der Waals surface area (Å²) < 4.78 is 2.06. The molecule has 0 aromatic carbocycles. The quantitative estimate of drug-likeness (QED) is 0.484. The van der Waals surface area contributed by atoms with Crippen LogP contribution in [0.4, 0.5) is 5.13 Å². The summed E-state index contributed by atoms with van der Waals surface area (Å²) in [5.41, 5.74) is 1.66. The Morgan fingerprint density at radius 2 is 2.03 bits per heavy atom. The third kappa shape index (κ3) is 5.34. The molecular weight excluding hydrogens is 452 g/mol. The van der Waals surface area contributed by atoms with Crippen molar-refractivity contribution < 1.29 is 9.59 Å². The van der Waals surface area contributed by atoms with Crippen molar-refractivity contribution in [2.75, 3.05) is 25.2 Å². The number of hydrogen-bond donors (Lipinski definition) is 1. The highest BCUT2D eigenvalue weighted by atomic mass is 32.2. The molecule has 3 rings (SSSR count). The number of aryl methyl sites for hydroxylation is 2. The van der Waals surface area contributed by atoms with Crippen LogP contribution in [-0.4, -0.2) is 56.3 Å². The van der Waals surface area contributed by atoms with Crippen LogP contribution in [0.3, 0.4) is 0 Å². The van der Waals surface area contributed by atoms with Gasteiger partial charge >= 0.3 is 0 Å². The molecule has 0 aliphatic heterocycles. The average molecular weight is 479 g/mol. The number of thiazole rings is 1. The highest BCUT2D eigenvalue weighted by Crippen LogP contribution is 2.31. The van der Waals surface area contributed by atoms with Crippen LogP contribution in [0, 0.1) is 6.92 Å². The van der Waals surface area contributed by atoms with Crippen LogP contribution in [0.25, 0.3) is 11.4 Å². The number of rotatable bonds is 8. The lowest BCUT2D eigenvalue weighted by molar-refractivity contribution is -0.113. The molecule has 0 atom stereocenters. The van der Waals surface area contributed by atoms with Crippen molar-refractivity contribution >= 4 is 51.4 Å². The number of anilines is 1. The molecule has 3 aromatic rings. The molecule has 0 radical (unpaired) electrons. The molecule has 0 fully saturated rings. The number of nitrogens with one attached hydrogen (secondary N) is 1. The standard InChI is InChI=1S/C20H26N6O2S3/c1-7-14-8-13(9-29-14)17-23-24-20(26(17)11(2)3)30-10-15(27)22-19-21-12(4)16(31-19)18(28)25(5)6/h8-9,11H,7,10H2,1-6H3,(H,21,22,27). The van der Waals surface area contributed by atoms with Crippen LogP contribution in [-0.2, 0) is 11.2 Å². The summed E-state index contributed by atoms with van der Waals surface area (Å²) in [7, 11) is 3.38. The van der Waals surface area contributed by atoms with E-state index in [1.165, 1.54) is 32.9 Å². The van der Waals surface area contributed by atoms with E-state index in [2.05, 4.69) is 57.3 Å². The van der Waals surface area contributed by atoms with E-state index in [0.29, 0.717) is 20.9 Å². The first-order valence-corrected chi connectivity index (χ1v) is 12.5. The van der Waals surface area contributed by atoms with Crippen molar-refractivity contribution in [1.29, 1.82) is 0 Å². The summed E-state index contributed by atoms with van der Waals surface area (Å²) >= 11 is 4.24. The van der Waals surface area contributed by atoms with Gasteiger partial charge in [0.2, 0.25) is 5.91 Å². The summed E-state index contributed by atoms with van der Waals surface area (Å²) in [6, 6.07) is 2.30. The molecule has 31 heavy (non-hydrogen) atoms. The van der Waals surface area contributed by atoms with E-state index < -0.39 is 0 Å². The molecule has 0 aliphatic rings. The summed E-state index contributed by atoms with van der Waals surface area (Å²) in [5, 5.41) is 14.7. The Morgan fingerprint density at radius 3 is 2.65 bits per heavy atom. The Balaban J connectivity index is 1.69. The first-order chi connectivity index (χ1) is 14.7. The zero-order valence-electron chi connectivity index (χ0n) is 18.4. The van der Waals surface area contributed by atoms with E-state index in [1.54, 1.807) is 32.4 Å². The topological polar surface area (TPSA) is 93.0 Å². The predicted octanol–water partition coefficient (Wildman–Crippen LogP) is 4.35. The van der Waals surface area contributed by atoms with Gasteiger partial charge in [-0.2, -0.15) is 0 Å². The van der Waals surface area contributed by atoms with Gasteiger partial charge in [-0.05, 0) is 33.3 Å². The smallest absolute Gasteiger partial charge is 0.265 e. The van der Waals surface area contributed by atoms with Crippen molar-refractivity contribution in [2.24, 2.45) is 0 Å². The van der Waals surface area contributed by atoms with Crippen LogP contribution in [0.5, 0.6) is 0 Å². The first kappa shape index (κ1) is 23.4. The number of thioether (sulfide) groups is 1. The number of amides is 2. The average Bonchev–Trinajstić information content (AvgIpc) is 3.43. The predicted molar refractivity (Wildman–Crippen MR) is 127 cm³/mol. The summed E-state index contributed by atoms with van der Waals surface area (Å²) in [5.74, 6) is 0.661. The lowest BCUT2D eigenvalue weighted by Gasteiger charge is -2.13. The third-order valence-electron chi connectivity index (χ3n) is 4.42. The third-order valence-corrected chi connectivity index (χ3v) is 7.50. The van der Waals surface area contributed by atoms with Crippen molar-refractivity contribution in [3.8, 4) is 11.4 Å². The molecule has 1 N–H and O–H groups in total. The fourth-order valence-corrected chi connectivity index (χ4v) is 5.54. The minimum atomic E-state index is -0.203. The number of thiophene rings is 1. The maximum atomic E-state index is 12.5. The van der Waals surface area contributed by atoms with E-state index in [4.69, 9.17) is 0 Å². The Hall–Kier alpha value is -2.24. The first-order valence-electron chi connectivity index (χ1n) is 9.85. The zero-order chi connectivity index (χ0) is 22.7. The van der Waals surface area contributed by atoms with Crippen LogP contribution in [0.15, 0.2) is 16.6 Å². The SMILES string of the molecule is CCc1cc(-c2nnc(SCC(=O)Nc3nc(C)c(C(=O)N(C)C)s3)n2C(C)C)cs1. The molecule has 3 heterocycles. The second-order valence-electron chi connectivity index (χ2n) is 7.40. The van der Waals surface area contributed by atoms with Crippen molar-refractivity contribution in [3.63, 3.8) is 0 Å². The number of aromatic nitrogens is 4. The number of hydrogen-bond acceptors (Lipinski definition) is 8. The molecule has 0 spiro atoms. The molecule has 166 valence electrons. The minimum absolute atomic E-state index is 0.123. The van der Waals surface area contributed by atoms with Gasteiger partial charge in [0.1, 0.15) is 4.88 Å². The molecule has 0 saturated heterocycles. The van der Waals surface area contributed by atoms with Gasteiger partial charge in [-0.1, -0.05) is 30.0 Å². The van der Waals surface area contributed by atoms with E-state index in [0.717, 1.165) is 17.8 Å². The Morgan fingerprint density at radius 1 is 1.29 bits per heavy atom. The highest BCUT2D eigenvalue weighted by Gasteiger charge is 2.20. The molecular formula is C20H26N6O2S3. The lowest BCUT2D eigenvalue weighted by atomic mass is 10.2. The van der Waals surface area contributed by atoms with E-state index in [9.17, 15) is 9.59 Å². The van der Waals surface area contributed by atoms with E-state index in [-0.39, 0.29) is 23.6 Å². The molecule has 2 amide bonds. The minimum Gasteiger partial charge on any atom is -0.344 e. The monoisotopic (exact) mass is 478 g/mol. The van der Waals surface area contributed by atoms with Crippen LogP contribution >= 0.6 is 34.4 Å². The van der Waals surface area contributed by atoms with Gasteiger partial charge in [-0.25, -0.2) is 4.98 Å². The van der Waals surface area contributed by atoms with Crippen LogP contribution in [0.2, 0.25) is 0 Å². The van der Waals surface area contributed by atoms with Gasteiger partial charge in [0.25, 0.3) is 5.91 Å². The lowest BCUT2D eigenvalue weighted by Crippen LogP contribution is -2.21. The fraction of sp³-hybridized carbons (Fsp3) is 0.450. The summed E-state index contributed by atoms with van der Waals surface area (Å²) in [6.45, 7) is 8.04. The van der Waals surface area contributed by atoms with Gasteiger partial charge in [0.05, 0.1) is 11.4 Å². The number of carbonyl (C=O) groups excluding carboxylic acids is 2. The normalized spacial score (nSPS) is 11.2. The molecule has 8 nitrogen and oxygen atoms in total. The summed E-state index contributed by atoms with van der Waals surface area (Å²) in [4.78, 5) is 32.3. The molecule has 3 aromatic heterocycles. The number of nitrogens with zero attached hydrogens (tertiary/aromatic N) is 5. The van der Waals surface area contributed by atoms with Crippen molar-refractivity contribution in [3.05, 3.63) is 26.9 Å². The van der Waals surface area contributed by atoms with Gasteiger partial charge in [0, 0.05) is 36.0 Å². The second-order valence-corrected chi connectivity index (χ2v) is 10.3. The van der Waals surface area contributed by atoms with Crippen LogP contribution in [0.1, 0.15) is 47.1 Å². The second kappa shape index (κ2) is 9.92. The van der Waals surface area contributed by atoms with Gasteiger partial charge in [0.15, 0.2) is 16.1 Å². The Kier molecular flexibility index (Phi) is 7.50. The number of carbonyl (C=O) groups is 2. The maximum absolute atomic E-state index is 12.5.